The number of nitrogens with zero attached hydrogens (tertiary/aromatic N) is 3. The molecule has 0 aromatic carbocycles. The summed E-state index contributed by atoms with van der Waals surface area (Å²) in [6.07, 6.45) is 2.93. The van der Waals surface area contributed by atoms with Gasteiger partial charge in [-0.15, -0.1) is 0 Å². The Morgan fingerprint density at radius 2 is 2.09 bits per heavy atom. The maximum absolute atomic E-state index is 12.2. The van der Waals surface area contributed by atoms with Crippen molar-refractivity contribution in [2.75, 3.05) is 32.8 Å². The first kappa shape index (κ1) is 15.3. The number of hydrogen-bond acceptors (Lipinski definition) is 6. The zero-order valence-electron chi connectivity index (χ0n) is 13.2. The Bertz CT molecular complexity index is 501. The van der Waals surface area contributed by atoms with Gasteiger partial charge in [0.15, 0.2) is 5.71 Å². The van der Waals surface area contributed by atoms with Gasteiger partial charge in [-0.3, -0.25) is 9.69 Å². The molecule has 0 aromatic rings. The smallest absolute Gasteiger partial charge is 0.356 e. The molecule has 3 heterocycles. The number of carbonyl (C=O) groups excluding carboxylic acids is 2. The molecule has 0 aromatic heterocycles. The van der Waals surface area contributed by atoms with E-state index < -0.39 is 11.7 Å². The van der Waals surface area contributed by atoms with Crippen LogP contribution in [0, 0.1) is 5.92 Å². The second kappa shape index (κ2) is 5.87. The minimum Gasteiger partial charge on any atom is -0.461 e. The van der Waals surface area contributed by atoms with Crippen molar-refractivity contribution in [2.45, 2.75) is 38.8 Å². The van der Waals surface area contributed by atoms with Crippen molar-refractivity contribution in [3.63, 3.8) is 0 Å². The Hall–Kier alpha value is -1.63. The van der Waals surface area contributed by atoms with Crippen molar-refractivity contribution in [1.29, 1.82) is 0 Å². The van der Waals surface area contributed by atoms with Crippen molar-refractivity contribution in [3.8, 4) is 0 Å². The van der Waals surface area contributed by atoms with Crippen molar-refractivity contribution < 1.29 is 19.2 Å². The Labute approximate surface area is 130 Å². The van der Waals surface area contributed by atoms with Crippen LogP contribution in [0.4, 0.5) is 0 Å². The summed E-state index contributed by atoms with van der Waals surface area (Å²) in [6.45, 7) is 6.62. The maximum atomic E-state index is 12.2. The van der Waals surface area contributed by atoms with Gasteiger partial charge in [-0.05, 0) is 19.8 Å². The van der Waals surface area contributed by atoms with Crippen LogP contribution in [0.3, 0.4) is 0 Å². The Balaban J connectivity index is 1.87. The highest BCUT2D eigenvalue weighted by Crippen LogP contribution is 2.42. The summed E-state index contributed by atoms with van der Waals surface area (Å²) in [5, 5.41) is 4.07. The molecule has 0 bridgehead atoms. The SMILES string of the molecule is CCOC(=O)C1=NOC2(N3CCCC3)CCN(C(C)=O)CC12. The number of carbonyl (C=O) groups is 2. The molecule has 2 saturated heterocycles. The molecule has 2 unspecified atom stereocenters. The normalized spacial score (nSPS) is 31.5. The summed E-state index contributed by atoms with van der Waals surface area (Å²) in [5.74, 6) is -0.647. The van der Waals surface area contributed by atoms with Gasteiger partial charge < -0.3 is 14.5 Å². The lowest BCUT2D eigenvalue weighted by Gasteiger charge is -2.46. The minimum absolute atomic E-state index is 0.0186. The molecular formula is C15H23N3O4. The van der Waals surface area contributed by atoms with Crippen LogP contribution in [0.2, 0.25) is 0 Å². The van der Waals surface area contributed by atoms with Crippen molar-refractivity contribution in [3.05, 3.63) is 0 Å². The number of likely N-dealkylation sites (tertiary alicyclic amines) is 2. The Kier molecular flexibility index (Phi) is 4.08. The van der Waals surface area contributed by atoms with Gasteiger partial charge in [0.2, 0.25) is 11.6 Å². The average Bonchev–Trinajstić information content (AvgIpc) is 3.15. The summed E-state index contributed by atoms with van der Waals surface area (Å²) >= 11 is 0. The Morgan fingerprint density at radius 1 is 1.36 bits per heavy atom. The number of amides is 1. The van der Waals surface area contributed by atoms with Crippen molar-refractivity contribution in [1.82, 2.24) is 9.80 Å². The summed E-state index contributed by atoms with van der Waals surface area (Å²) in [4.78, 5) is 33.8. The highest BCUT2D eigenvalue weighted by atomic mass is 16.7. The third-order valence-corrected chi connectivity index (χ3v) is 4.89. The molecule has 0 spiro atoms. The first-order valence-electron chi connectivity index (χ1n) is 8.02. The van der Waals surface area contributed by atoms with E-state index in [2.05, 4.69) is 10.1 Å². The molecule has 3 aliphatic rings. The van der Waals surface area contributed by atoms with E-state index in [0.717, 1.165) is 25.9 Å². The molecule has 22 heavy (non-hydrogen) atoms. The van der Waals surface area contributed by atoms with Crippen LogP contribution in [0.1, 0.15) is 33.1 Å². The van der Waals surface area contributed by atoms with Gasteiger partial charge in [-0.2, -0.15) is 0 Å². The number of ether oxygens (including phenoxy) is 1. The Morgan fingerprint density at radius 3 is 2.73 bits per heavy atom. The molecule has 1 amide bonds. The van der Waals surface area contributed by atoms with Gasteiger partial charge in [-0.25, -0.2) is 4.79 Å². The zero-order valence-corrected chi connectivity index (χ0v) is 13.2. The predicted octanol–water partition coefficient (Wildman–Crippen LogP) is 0.596. The van der Waals surface area contributed by atoms with Gasteiger partial charge in [0.25, 0.3) is 0 Å². The number of oxime groups is 1. The van der Waals surface area contributed by atoms with E-state index in [0.29, 0.717) is 31.8 Å². The number of fused-ring (bicyclic) bond motifs is 1. The molecule has 3 rings (SSSR count). The van der Waals surface area contributed by atoms with Gasteiger partial charge in [0.05, 0.1) is 12.5 Å². The predicted molar refractivity (Wildman–Crippen MR) is 79.1 cm³/mol. The van der Waals surface area contributed by atoms with E-state index in [1.54, 1.807) is 18.7 Å². The molecule has 7 nitrogen and oxygen atoms in total. The van der Waals surface area contributed by atoms with Gasteiger partial charge >= 0.3 is 5.97 Å². The van der Waals surface area contributed by atoms with Crippen molar-refractivity contribution >= 4 is 17.6 Å². The molecule has 2 atom stereocenters. The van der Waals surface area contributed by atoms with Crippen LogP contribution in [-0.4, -0.2) is 65.9 Å². The highest BCUT2D eigenvalue weighted by molar-refractivity contribution is 6.37. The van der Waals surface area contributed by atoms with E-state index in [9.17, 15) is 9.59 Å². The fraction of sp³-hybridized carbons (Fsp3) is 0.800. The van der Waals surface area contributed by atoms with E-state index in [1.807, 2.05) is 0 Å². The van der Waals surface area contributed by atoms with E-state index >= 15 is 0 Å². The van der Waals surface area contributed by atoms with Crippen LogP contribution in [-0.2, 0) is 19.2 Å². The van der Waals surface area contributed by atoms with Gasteiger partial charge in [0.1, 0.15) is 0 Å². The van der Waals surface area contributed by atoms with Crippen LogP contribution in [0.15, 0.2) is 5.16 Å². The fourth-order valence-corrected chi connectivity index (χ4v) is 3.73. The standard InChI is InChI=1S/C15H23N3O4/c1-3-21-14(20)13-12-10-17(11(2)19)9-6-15(12,22-16-13)18-7-4-5-8-18/h12H,3-10H2,1-2H3. The quantitative estimate of drug-likeness (QED) is 0.714. The monoisotopic (exact) mass is 309 g/mol. The third-order valence-electron chi connectivity index (χ3n) is 4.89. The average molecular weight is 309 g/mol. The van der Waals surface area contributed by atoms with E-state index in [4.69, 9.17) is 9.57 Å². The highest BCUT2D eigenvalue weighted by Gasteiger charge is 2.58. The fourth-order valence-electron chi connectivity index (χ4n) is 3.73. The topological polar surface area (TPSA) is 71.4 Å². The summed E-state index contributed by atoms with van der Waals surface area (Å²) < 4.78 is 5.11. The first-order valence-corrected chi connectivity index (χ1v) is 8.02. The third kappa shape index (κ3) is 2.37. The summed E-state index contributed by atoms with van der Waals surface area (Å²) in [5.41, 5.74) is -0.260. The number of esters is 1. The molecule has 0 N–H and O–H groups in total. The van der Waals surface area contributed by atoms with Crippen LogP contribution >= 0.6 is 0 Å². The summed E-state index contributed by atoms with van der Waals surface area (Å²) in [7, 11) is 0. The number of piperidine rings is 1. The van der Waals surface area contributed by atoms with Crippen molar-refractivity contribution in [2.24, 2.45) is 11.1 Å². The molecule has 7 heteroatoms. The number of hydrogen-bond donors (Lipinski definition) is 0. The number of rotatable bonds is 3. The van der Waals surface area contributed by atoms with E-state index in [-0.39, 0.29) is 11.8 Å². The summed E-state index contributed by atoms with van der Waals surface area (Å²) in [6, 6.07) is 0. The van der Waals surface area contributed by atoms with Gasteiger partial charge in [0, 0.05) is 39.5 Å². The largest absolute Gasteiger partial charge is 0.461 e. The molecule has 0 aliphatic carbocycles. The van der Waals surface area contributed by atoms with Crippen LogP contribution in [0.5, 0.6) is 0 Å². The first-order chi connectivity index (χ1) is 10.6. The lowest BCUT2D eigenvalue weighted by molar-refractivity contribution is -0.180. The molecular weight excluding hydrogens is 286 g/mol. The molecule has 3 aliphatic heterocycles. The lowest BCUT2D eigenvalue weighted by atomic mass is 9.83. The molecule has 0 radical (unpaired) electrons. The van der Waals surface area contributed by atoms with Gasteiger partial charge in [-0.1, -0.05) is 5.16 Å². The maximum Gasteiger partial charge on any atom is 0.356 e. The molecule has 2 fully saturated rings. The second-order valence-corrected chi connectivity index (χ2v) is 6.09. The lowest BCUT2D eigenvalue weighted by Crippen LogP contribution is -2.62. The molecule has 0 saturated carbocycles. The molecule has 122 valence electrons. The van der Waals surface area contributed by atoms with E-state index in [1.165, 1.54) is 0 Å². The zero-order chi connectivity index (χ0) is 15.7. The second-order valence-electron chi connectivity index (χ2n) is 6.09. The minimum atomic E-state index is -0.579. The van der Waals surface area contributed by atoms with Crippen LogP contribution in [0.25, 0.3) is 0 Å². The van der Waals surface area contributed by atoms with Crippen LogP contribution < -0.4 is 0 Å².